The molecule has 0 unspecified atom stereocenters. The van der Waals surface area contributed by atoms with Crippen LogP contribution in [0.25, 0.3) is 0 Å². The van der Waals surface area contributed by atoms with Crippen LogP contribution in [0.1, 0.15) is 11.1 Å². The second-order valence-electron chi connectivity index (χ2n) is 4.39. The Morgan fingerprint density at radius 1 is 1.05 bits per heavy atom. The first-order valence-corrected chi connectivity index (χ1v) is 6.50. The third-order valence-electron chi connectivity index (χ3n) is 3.17. The van der Waals surface area contributed by atoms with Gasteiger partial charge in [-0.25, -0.2) is 9.97 Å². The molecule has 1 heterocycles. The Labute approximate surface area is 124 Å². The summed E-state index contributed by atoms with van der Waals surface area (Å²) in [4.78, 5) is 8.28. The molecule has 0 amide bonds. The average molecular weight is 289 g/mol. The average Bonchev–Trinajstić information content (AvgIpc) is 2.53. The Morgan fingerprint density at radius 2 is 1.86 bits per heavy atom. The van der Waals surface area contributed by atoms with E-state index >= 15 is 0 Å². The van der Waals surface area contributed by atoms with E-state index in [1.54, 1.807) is 21.3 Å². The number of methoxy groups -OCH3 is 3. The van der Waals surface area contributed by atoms with Crippen molar-refractivity contribution < 1.29 is 14.2 Å². The van der Waals surface area contributed by atoms with Crippen molar-refractivity contribution in [3.8, 4) is 17.4 Å². The summed E-state index contributed by atoms with van der Waals surface area (Å²) < 4.78 is 15.7. The van der Waals surface area contributed by atoms with Crippen LogP contribution in [0.15, 0.2) is 24.5 Å². The largest absolute Gasteiger partial charge is 0.497 e. The van der Waals surface area contributed by atoms with Gasteiger partial charge in [-0.1, -0.05) is 0 Å². The molecule has 2 aromatic rings. The van der Waals surface area contributed by atoms with Crippen molar-refractivity contribution in [2.75, 3.05) is 26.6 Å². The van der Waals surface area contributed by atoms with Gasteiger partial charge in [0.2, 0.25) is 5.88 Å². The summed E-state index contributed by atoms with van der Waals surface area (Å²) in [7, 11) is 4.85. The van der Waals surface area contributed by atoms with Crippen molar-refractivity contribution in [3.63, 3.8) is 0 Å². The molecular weight excluding hydrogens is 270 g/mol. The zero-order valence-corrected chi connectivity index (χ0v) is 12.6. The fourth-order valence-corrected chi connectivity index (χ4v) is 1.99. The van der Waals surface area contributed by atoms with Crippen LogP contribution in [0.5, 0.6) is 17.4 Å². The lowest BCUT2D eigenvalue weighted by molar-refractivity contribution is 0.391. The smallest absolute Gasteiger partial charge is 0.221 e. The van der Waals surface area contributed by atoms with Crippen molar-refractivity contribution in [3.05, 3.63) is 35.7 Å². The van der Waals surface area contributed by atoms with Crippen molar-refractivity contribution in [2.45, 2.75) is 13.5 Å². The van der Waals surface area contributed by atoms with Crippen LogP contribution in [0.4, 0.5) is 5.82 Å². The van der Waals surface area contributed by atoms with E-state index in [4.69, 9.17) is 14.2 Å². The Morgan fingerprint density at radius 3 is 2.52 bits per heavy atom. The number of rotatable bonds is 6. The van der Waals surface area contributed by atoms with Crippen LogP contribution in [0.2, 0.25) is 0 Å². The zero-order chi connectivity index (χ0) is 15.2. The van der Waals surface area contributed by atoms with Gasteiger partial charge in [-0.05, 0) is 19.1 Å². The number of hydrogen-bond acceptors (Lipinski definition) is 6. The molecule has 0 atom stereocenters. The second-order valence-corrected chi connectivity index (χ2v) is 4.39. The number of aromatic nitrogens is 2. The highest BCUT2D eigenvalue weighted by Gasteiger charge is 2.09. The van der Waals surface area contributed by atoms with Crippen molar-refractivity contribution in [1.29, 1.82) is 0 Å². The lowest BCUT2D eigenvalue weighted by Crippen LogP contribution is -2.06. The molecule has 0 aliphatic rings. The number of ether oxygens (including phenoxy) is 3. The molecule has 6 heteroatoms. The Hall–Kier alpha value is -2.50. The van der Waals surface area contributed by atoms with Crippen LogP contribution in [0.3, 0.4) is 0 Å². The predicted octanol–water partition coefficient (Wildman–Crippen LogP) is 2.42. The highest BCUT2D eigenvalue weighted by Crippen LogP contribution is 2.26. The molecular formula is C15H19N3O3. The van der Waals surface area contributed by atoms with E-state index in [1.165, 1.54) is 6.33 Å². The van der Waals surface area contributed by atoms with Gasteiger partial charge in [0.1, 0.15) is 23.6 Å². The van der Waals surface area contributed by atoms with E-state index in [9.17, 15) is 0 Å². The van der Waals surface area contributed by atoms with Gasteiger partial charge in [0.25, 0.3) is 0 Å². The van der Waals surface area contributed by atoms with Gasteiger partial charge >= 0.3 is 0 Å². The maximum atomic E-state index is 5.37. The minimum absolute atomic E-state index is 0.564. The fraction of sp³-hybridized carbons (Fsp3) is 0.333. The van der Waals surface area contributed by atoms with Gasteiger partial charge in [0.05, 0.1) is 26.9 Å². The van der Waals surface area contributed by atoms with E-state index in [0.29, 0.717) is 12.4 Å². The SMILES string of the molecule is COc1ccc(CNc2ncnc(OC)c2C)c(OC)c1. The van der Waals surface area contributed by atoms with Gasteiger partial charge in [0.15, 0.2) is 0 Å². The minimum atomic E-state index is 0.564. The zero-order valence-electron chi connectivity index (χ0n) is 12.6. The van der Waals surface area contributed by atoms with Gasteiger partial charge < -0.3 is 19.5 Å². The molecule has 0 spiro atoms. The fourth-order valence-electron chi connectivity index (χ4n) is 1.99. The molecule has 0 aliphatic heterocycles. The molecule has 112 valence electrons. The van der Waals surface area contributed by atoms with E-state index < -0.39 is 0 Å². The molecule has 21 heavy (non-hydrogen) atoms. The summed E-state index contributed by atoms with van der Waals surface area (Å²) in [5.74, 6) is 2.82. The summed E-state index contributed by atoms with van der Waals surface area (Å²) in [6, 6.07) is 5.70. The Balaban J connectivity index is 2.16. The summed E-state index contributed by atoms with van der Waals surface area (Å²) in [6.07, 6.45) is 1.47. The standard InChI is InChI=1S/C15H19N3O3/c1-10-14(17-9-18-15(10)21-4)16-8-11-5-6-12(19-2)7-13(11)20-3/h5-7,9H,8H2,1-4H3,(H,16,17,18). The molecule has 6 nitrogen and oxygen atoms in total. The minimum Gasteiger partial charge on any atom is -0.497 e. The van der Waals surface area contributed by atoms with E-state index in [-0.39, 0.29) is 0 Å². The van der Waals surface area contributed by atoms with Crippen molar-refractivity contribution in [2.24, 2.45) is 0 Å². The highest BCUT2D eigenvalue weighted by atomic mass is 16.5. The molecule has 0 aliphatic carbocycles. The first-order chi connectivity index (χ1) is 10.2. The summed E-state index contributed by atoms with van der Waals surface area (Å²) in [6.45, 7) is 2.49. The van der Waals surface area contributed by atoms with Crippen LogP contribution < -0.4 is 19.5 Å². The molecule has 0 saturated heterocycles. The molecule has 0 fully saturated rings. The first kappa shape index (κ1) is 14.9. The monoisotopic (exact) mass is 289 g/mol. The lowest BCUT2D eigenvalue weighted by Gasteiger charge is -2.13. The number of anilines is 1. The van der Waals surface area contributed by atoms with Crippen LogP contribution in [-0.4, -0.2) is 31.3 Å². The van der Waals surface area contributed by atoms with Gasteiger partial charge in [-0.15, -0.1) is 0 Å². The van der Waals surface area contributed by atoms with Crippen LogP contribution >= 0.6 is 0 Å². The number of nitrogens with one attached hydrogen (secondary N) is 1. The molecule has 0 saturated carbocycles. The van der Waals surface area contributed by atoms with E-state index in [2.05, 4.69) is 15.3 Å². The van der Waals surface area contributed by atoms with Crippen molar-refractivity contribution in [1.82, 2.24) is 9.97 Å². The Kier molecular flexibility index (Phi) is 4.81. The van der Waals surface area contributed by atoms with Crippen molar-refractivity contribution >= 4 is 5.82 Å². The molecule has 2 rings (SSSR count). The molecule has 1 N–H and O–H groups in total. The van der Waals surface area contributed by atoms with Gasteiger partial charge in [-0.2, -0.15) is 0 Å². The predicted molar refractivity (Wildman–Crippen MR) is 80.2 cm³/mol. The Bertz CT molecular complexity index is 617. The normalized spacial score (nSPS) is 10.1. The quantitative estimate of drug-likeness (QED) is 0.881. The van der Waals surface area contributed by atoms with Crippen LogP contribution in [0, 0.1) is 6.92 Å². The van der Waals surface area contributed by atoms with Crippen LogP contribution in [-0.2, 0) is 6.54 Å². The second kappa shape index (κ2) is 6.78. The maximum absolute atomic E-state index is 5.37. The third kappa shape index (κ3) is 3.34. The lowest BCUT2D eigenvalue weighted by atomic mass is 10.2. The molecule has 0 radical (unpaired) electrons. The van der Waals surface area contributed by atoms with Gasteiger partial charge in [0, 0.05) is 18.2 Å². The highest BCUT2D eigenvalue weighted by molar-refractivity contribution is 5.49. The summed E-state index contributed by atoms with van der Waals surface area (Å²) in [5.41, 5.74) is 1.88. The van der Waals surface area contributed by atoms with E-state index in [0.717, 1.165) is 28.4 Å². The summed E-state index contributed by atoms with van der Waals surface area (Å²) >= 11 is 0. The topological polar surface area (TPSA) is 65.5 Å². The molecule has 1 aromatic heterocycles. The number of hydrogen-bond donors (Lipinski definition) is 1. The summed E-state index contributed by atoms with van der Waals surface area (Å²) in [5, 5.41) is 3.26. The number of nitrogens with zero attached hydrogens (tertiary/aromatic N) is 2. The van der Waals surface area contributed by atoms with Gasteiger partial charge in [-0.3, -0.25) is 0 Å². The number of benzene rings is 1. The first-order valence-electron chi connectivity index (χ1n) is 6.50. The maximum Gasteiger partial charge on any atom is 0.221 e. The molecule has 0 bridgehead atoms. The van der Waals surface area contributed by atoms with E-state index in [1.807, 2.05) is 25.1 Å². The molecule has 1 aromatic carbocycles. The third-order valence-corrected chi connectivity index (χ3v) is 3.17.